The van der Waals surface area contributed by atoms with Crippen molar-refractivity contribution in [1.82, 2.24) is 15.5 Å². The summed E-state index contributed by atoms with van der Waals surface area (Å²) in [5.41, 5.74) is 13.2. The number of nitrogens with zero attached hydrogens (tertiary/aromatic N) is 2. The van der Waals surface area contributed by atoms with Crippen LogP contribution >= 0.6 is 11.3 Å². The zero-order valence-electron chi connectivity index (χ0n) is 17.6. The number of ether oxygens (including phenoxy) is 1. The molecular formula is C21H30N6O3S. The summed E-state index contributed by atoms with van der Waals surface area (Å²) in [5, 5.41) is 24.0. The van der Waals surface area contributed by atoms with Crippen LogP contribution in [0.3, 0.4) is 0 Å². The van der Waals surface area contributed by atoms with Gasteiger partial charge in [-0.25, -0.2) is 0 Å². The molecule has 7 N–H and O–H groups in total. The third-order valence-corrected chi connectivity index (χ3v) is 5.11. The Kier molecular flexibility index (Phi) is 10.3. The van der Waals surface area contributed by atoms with Crippen molar-refractivity contribution in [2.45, 2.75) is 32.1 Å². The normalized spacial score (nSPS) is 11.9. The molecule has 1 aromatic carbocycles. The Balaban J connectivity index is 1.74. The van der Waals surface area contributed by atoms with Crippen LogP contribution in [0.15, 0.2) is 47.9 Å². The van der Waals surface area contributed by atoms with E-state index in [4.69, 9.17) is 21.3 Å². The molecule has 1 heterocycles. The molecular weight excluding hydrogens is 416 g/mol. The van der Waals surface area contributed by atoms with E-state index in [1.807, 2.05) is 12.1 Å². The van der Waals surface area contributed by atoms with Crippen LogP contribution in [0.1, 0.15) is 29.8 Å². The topological polar surface area (TPSA) is 148 Å². The molecule has 0 spiro atoms. The predicted octanol–water partition coefficient (Wildman–Crippen LogP) is 1.67. The van der Waals surface area contributed by atoms with Gasteiger partial charge in [-0.1, -0.05) is 23.5 Å². The third kappa shape index (κ3) is 9.49. The molecule has 10 heteroatoms. The standard InChI is InChI=1S/C21H30N6O3S/c1-24-18(23)10-9-16(22)6-2-3-8-20-26-27-21(31-20)25-19(29)14-15-5-4-7-17(13-15)30-12-11-28/h4-5,7,9-10,13,24,28H,2-3,6,8,11-12,14,22-23H2,1H3,(H,25,27,29)/b16-9-,18-10+. The number of benzene rings is 1. The van der Waals surface area contributed by atoms with Crippen molar-refractivity contribution < 1.29 is 14.6 Å². The van der Waals surface area contributed by atoms with Crippen molar-refractivity contribution in [3.63, 3.8) is 0 Å². The molecule has 0 radical (unpaired) electrons. The van der Waals surface area contributed by atoms with Gasteiger partial charge in [-0.05, 0) is 49.1 Å². The molecule has 0 atom stereocenters. The summed E-state index contributed by atoms with van der Waals surface area (Å²) in [5.74, 6) is 1.01. The van der Waals surface area contributed by atoms with Gasteiger partial charge in [0.15, 0.2) is 0 Å². The SMILES string of the molecule is CN/C(N)=C/C=C(\N)CCCCc1nnc(NC(=O)Cc2cccc(OCCO)c2)s1. The van der Waals surface area contributed by atoms with Gasteiger partial charge >= 0.3 is 0 Å². The summed E-state index contributed by atoms with van der Waals surface area (Å²) < 4.78 is 5.37. The van der Waals surface area contributed by atoms with Crippen LogP contribution in [0.2, 0.25) is 0 Å². The average molecular weight is 447 g/mol. The number of aliphatic hydroxyl groups excluding tert-OH is 1. The van der Waals surface area contributed by atoms with E-state index in [0.29, 0.717) is 16.7 Å². The molecule has 0 saturated carbocycles. The molecule has 31 heavy (non-hydrogen) atoms. The van der Waals surface area contributed by atoms with Gasteiger partial charge in [0, 0.05) is 19.2 Å². The molecule has 0 aliphatic carbocycles. The monoisotopic (exact) mass is 446 g/mol. The highest BCUT2D eigenvalue weighted by Crippen LogP contribution is 2.19. The number of aryl methyl sites for hydroxylation is 1. The summed E-state index contributed by atoms with van der Waals surface area (Å²) in [6.45, 7) is 0.158. The van der Waals surface area contributed by atoms with E-state index in [9.17, 15) is 4.79 Å². The van der Waals surface area contributed by atoms with Crippen LogP contribution in [0.4, 0.5) is 5.13 Å². The minimum Gasteiger partial charge on any atom is -0.491 e. The number of carbonyl (C=O) groups excluding carboxylic acids is 1. The average Bonchev–Trinajstić information content (AvgIpc) is 3.20. The fraction of sp³-hybridized carbons (Fsp3) is 0.381. The zero-order valence-corrected chi connectivity index (χ0v) is 18.5. The Morgan fingerprint density at radius 3 is 2.87 bits per heavy atom. The van der Waals surface area contributed by atoms with Crippen LogP contribution < -0.4 is 26.8 Å². The Morgan fingerprint density at radius 2 is 2.10 bits per heavy atom. The van der Waals surface area contributed by atoms with Crippen molar-refractivity contribution in [3.05, 3.63) is 58.5 Å². The van der Waals surface area contributed by atoms with Gasteiger partial charge in [0.1, 0.15) is 17.4 Å². The van der Waals surface area contributed by atoms with Gasteiger partial charge in [-0.15, -0.1) is 10.2 Å². The molecule has 0 aliphatic rings. The maximum atomic E-state index is 12.3. The first kappa shape index (κ1) is 24.2. The number of aliphatic hydroxyl groups is 1. The maximum absolute atomic E-state index is 12.3. The number of carbonyl (C=O) groups is 1. The lowest BCUT2D eigenvalue weighted by Crippen LogP contribution is -2.14. The van der Waals surface area contributed by atoms with Crippen LogP contribution in [0.25, 0.3) is 0 Å². The van der Waals surface area contributed by atoms with Gasteiger partial charge in [-0.3, -0.25) is 4.79 Å². The number of allylic oxidation sites excluding steroid dienone is 3. The predicted molar refractivity (Wildman–Crippen MR) is 122 cm³/mol. The van der Waals surface area contributed by atoms with Gasteiger partial charge in [0.2, 0.25) is 11.0 Å². The quantitative estimate of drug-likeness (QED) is 0.230. The molecule has 0 bridgehead atoms. The molecule has 2 rings (SSSR count). The highest BCUT2D eigenvalue weighted by Gasteiger charge is 2.10. The molecule has 9 nitrogen and oxygen atoms in total. The molecule has 2 aromatic rings. The Hall–Kier alpha value is -3.11. The first-order valence-corrected chi connectivity index (χ1v) is 10.9. The van der Waals surface area contributed by atoms with E-state index in [1.54, 1.807) is 31.3 Å². The van der Waals surface area contributed by atoms with Crippen molar-refractivity contribution in [2.75, 3.05) is 25.6 Å². The first-order valence-electron chi connectivity index (χ1n) is 10.0. The van der Waals surface area contributed by atoms with Gasteiger partial charge in [0.25, 0.3) is 0 Å². The highest BCUT2D eigenvalue weighted by molar-refractivity contribution is 7.15. The Bertz CT molecular complexity index is 897. The Labute approximate surface area is 186 Å². The number of hydrogen-bond donors (Lipinski definition) is 5. The van der Waals surface area contributed by atoms with Gasteiger partial charge < -0.3 is 31.9 Å². The lowest BCUT2D eigenvalue weighted by Gasteiger charge is -2.06. The summed E-state index contributed by atoms with van der Waals surface area (Å²) in [6, 6.07) is 7.22. The van der Waals surface area contributed by atoms with Crippen LogP contribution in [0.5, 0.6) is 5.75 Å². The number of unbranched alkanes of at least 4 members (excludes halogenated alkanes) is 1. The second-order valence-corrected chi connectivity index (χ2v) is 7.83. The fourth-order valence-corrected chi connectivity index (χ4v) is 3.43. The van der Waals surface area contributed by atoms with Crippen molar-refractivity contribution >= 4 is 22.4 Å². The molecule has 1 aromatic heterocycles. The molecule has 0 unspecified atom stereocenters. The zero-order chi connectivity index (χ0) is 22.5. The minimum atomic E-state index is -0.172. The van der Waals surface area contributed by atoms with E-state index >= 15 is 0 Å². The summed E-state index contributed by atoms with van der Waals surface area (Å²) in [6.07, 6.45) is 7.14. The van der Waals surface area contributed by atoms with E-state index in [-0.39, 0.29) is 25.5 Å². The van der Waals surface area contributed by atoms with E-state index in [2.05, 4.69) is 20.8 Å². The number of rotatable bonds is 13. The van der Waals surface area contributed by atoms with Gasteiger partial charge in [0.05, 0.1) is 18.8 Å². The van der Waals surface area contributed by atoms with Crippen LogP contribution in [-0.4, -0.2) is 41.5 Å². The second kappa shape index (κ2) is 13.2. The molecule has 1 amide bonds. The molecule has 0 fully saturated rings. The number of aromatic nitrogens is 2. The summed E-state index contributed by atoms with van der Waals surface area (Å²) in [7, 11) is 1.75. The fourth-order valence-electron chi connectivity index (χ4n) is 2.63. The molecule has 0 saturated heterocycles. The van der Waals surface area contributed by atoms with Gasteiger partial charge in [-0.2, -0.15) is 0 Å². The van der Waals surface area contributed by atoms with Crippen molar-refractivity contribution in [1.29, 1.82) is 0 Å². The second-order valence-electron chi connectivity index (χ2n) is 6.77. The van der Waals surface area contributed by atoms with Crippen LogP contribution in [-0.2, 0) is 17.6 Å². The number of anilines is 1. The van der Waals surface area contributed by atoms with E-state index in [1.165, 1.54) is 11.3 Å². The maximum Gasteiger partial charge on any atom is 0.230 e. The summed E-state index contributed by atoms with van der Waals surface area (Å²) in [4.78, 5) is 12.3. The van der Waals surface area contributed by atoms with Crippen LogP contribution in [0, 0.1) is 0 Å². The smallest absolute Gasteiger partial charge is 0.230 e. The first-order chi connectivity index (χ1) is 15.0. The van der Waals surface area contributed by atoms with E-state index < -0.39 is 0 Å². The molecule has 0 aliphatic heterocycles. The Morgan fingerprint density at radius 1 is 1.26 bits per heavy atom. The van der Waals surface area contributed by atoms with Crippen molar-refractivity contribution in [2.24, 2.45) is 11.5 Å². The molecule has 168 valence electrons. The lowest BCUT2D eigenvalue weighted by molar-refractivity contribution is -0.115. The number of hydrogen-bond acceptors (Lipinski definition) is 9. The lowest BCUT2D eigenvalue weighted by atomic mass is 10.1. The van der Waals surface area contributed by atoms with E-state index in [0.717, 1.165) is 42.0 Å². The number of amides is 1. The minimum absolute atomic E-state index is 0.0582. The summed E-state index contributed by atoms with van der Waals surface area (Å²) >= 11 is 1.38. The largest absolute Gasteiger partial charge is 0.491 e. The van der Waals surface area contributed by atoms with Crippen molar-refractivity contribution in [3.8, 4) is 5.75 Å². The number of nitrogens with two attached hydrogens (primary N) is 2. The number of nitrogens with one attached hydrogen (secondary N) is 2. The third-order valence-electron chi connectivity index (χ3n) is 4.21. The highest BCUT2D eigenvalue weighted by atomic mass is 32.1.